The van der Waals surface area contributed by atoms with Crippen LogP contribution in [0.15, 0.2) is 0 Å². The molecule has 0 aliphatic heterocycles. The first-order valence-electron chi connectivity index (χ1n) is 1.40. The fraction of sp³-hybridized carbons (Fsp3) is 0. The van der Waals surface area contributed by atoms with E-state index in [0.717, 1.165) is 0 Å². The van der Waals surface area contributed by atoms with Gasteiger partial charge >= 0.3 is 20.8 Å². The van der Waals surface area contributed by atoms with E-state index in [1.807, 2.05) is 0 Å². The van der Waals surface area contributed by atoms with Crippen LogP contribution in [0.2, 0.25) is 0 Å². The van der Waals surface area contributed by atoms with Crippen molar-refractivity contribution in [3.8, 4) is 0 Å². The average Bonchev–Trinajstić information content (AvgIpc) is 1.12. The second-order valence-electron chi connectivity index (χ2n) is 0.896. The van der Waals surface area contributed by atoms with Crippen molar-refractivity contribution in [3.63, 3.8) is 0 Å². The van der Waals surface area contributed by atoms with Crippen LogP contribution in [0.3, 0.4) is 0 Å². The third-order valence-electron chi connectivity index (χ3n) is 0. The first-order chi connectivity index (χ1) is 4.00. The maximum atomic E-state index is 8.74. The van der Waals surface area contributed by atoms with E-state index in [1.54, 1.807) is 0 Å². The van der Waals surface area contributed by atoms with Gasteiger partial charge in [-0.15, -0.1) is 0 Å². The van der Waals surface area contributed by atoms with Crippen LogP contribution in [0.5, 0.6) is 0 Å². The Balaban J connectivity index is -0.0000000457. The van der Waals surface area contributed by atoms with Gasteiger partial charge in [0, 0.05) is 34.1 Å². The molecule has 0 aromatic heterocycles. The van der Waals surface area contributed by atoms with Gasteiger partial charge < -0.3 is 0 Å². The molecule has 0 rings (SSSR count). The normalized spacial score (nSPS) is 9.67. The zero-order chi connectivity index (χ0) is 9.00. The standard InChI is InChI=1S/Fe.Mn.2H2O4S/c;;2*1-5(2,3)4/h;;2*(H2,1,2,3,4). The Kier molecular flexibility index (Phi) is 16.1. The maximum Gasteiger partial charge on any atom is 0.394 e. The second-order valence-corrected chi connectivity index (χ2v) is 2.69. The zero-order valence-corrected chi connectivity index (χ0v) is 8.89. The smallest absolute Gasteiger partial charge is 0.264 e. The Labute approximate surface area is 89.8 Å². The molecule has 0 amide bonds. The molecular formula is H4FeMnO8S2. The molecule has 0 atom stereocenters. The summed E-state index contributed by atoms with van der Waals surface area (Å²) in [6, 6.07) is 0. The van der Waals surface area contributed by atoms with Crippen molar-refractivity contribution in [1.29, 1.82) is 0 Å². The Morgan fingerprint density at radius 1 is 0.667 bits per heavy atom. The summed E-state index contributed by atoms with van der Waals surface area (Å²) in [6.07, 6.45) is 0. The molecule has 0 aromatic carbocycles. The summed E-state index contributed by atoms with van der Waals surface area (Å²) in [5.41, 5.74) is 0. The Morgan fingerprint density at radius 2 is 0.667 bits per heavy atom. The Hall–Kier alpha value is 0.779. The van der Waals surface area contributed by atoms with Gasteiger partial charge in [-0.05, 0) is 0 Å². The van der Waals surface area contributed by atoms with Crippen molar-refractivity contribution in [2.24, 2.45) is 0 Å². The average molecular weight is 307 g/mol. The summed E-state index contributed by atoms with van der Waals surface area (Å²) >= 11 is 0. The van der Waals surface area contributed by atoms with E-state index < -0.39 is 20.8 Å². The fourth-order valence-electron chi connectivity index (χ4n) is 0. The summed E-state index contributed by atoms with van der Waals surface area (Å²) in [7, 11) is -9.33. The molecule has 12 heavy (non-hydrogen) atoms. The van der Waals surface area contributed by atoms with E-state index in [2.05, 4.69) is 0 Å². The molecule has 0 bridgehead atoms. The molecule has 0 saturated carbocycles. The molecule has 0 heterocycles. The second kappa shape index (κ2) is 8.38. The van der Waals surface area contributed by atoms with Crippen LogP contribution < -0.4 is 0 Å². The van der Waals surface area contributed by atoms with Crippen molar-refractivity contribution < 1.29 is 69.2 Å². The zero-order valence-electron chi connectivity index (χ0n) is 4.97. The van der Waals surface area contributed by atoms with Crippen LogP contribution in [0.4, 0.5) is 0 Å². The van der Waals surface area contributed by atoms with Crippen molar-refractivity contribution in [2.45, 2.75) is 0 Å². The molecule has 0 fully saturated rings. The maximum absolute atomic E-state index is 8.74. The van der Waals surface area contributed by atoms with Gasteiger partial charge in [-0.1, -0.05) is 0 Å². The molecule has 4 N–H and O–H groups in total. The molecule has 12 heteroatoms. The summed E-state index contributed by atoms with van der Waals surface area (Å²) in [4.78, 5) is 0. The molecule has 0 spiro atoms. The van der Waals surface area contributed by atoms with E-state index in [4.69, 9.17) is 35.0 Å². The first-order valence-corrected chi connectivity index (χ1v) is 4.19. The number of hydrogen-bond acceptors (Lipinski definition) is 4. The number of rotatable bonds is 0. The van der Waals surface area contributed by atoms with Crippen LogP contribution in [0.1, 0.15) is 0 Å². The van der Waals surface area contributed by atoms with Crippen LogP contribution in [0, 0.1) is 0 Å². The third kappa shape index (κ3) is 1700. The SMILES string of the molecule is O=S(=O)(O)O.O=S(=O)(O)O.[Fe].[Mn]. The van der Waals surface area contributed by atoms with E-state index in [1.165, 1.54) is 0 Å². The summed E-state index contributed by atoms with van der Waals surface area (Å²) in [6.45, 7) is 0. The molecule has 79 valence electrons. The quantitative estimate of drug-likeness (QED) is 0.318. The summed E-state index contributed by atoms with van der Waals surface area (Å²) in [5.74, 6) is 0. The van der Waals surface area contributed by atoms with Crippen LogP contribution in [-0.4, -0.2) is 35.0 Å². The topological polar surface area (TPSA) is 149 Å². The predicted molar refractivity (Wildman–Crippen MR) is 28.4 cm³/mol. The monoisotopic (exact) mass is 307 g/mol. The Morgan fingerprint density at radius 3 is 0.667 bits per heavy atom. The third-order valence-corrected chi connectivity index (χ3v) is 0. The van der Waals surface area contributed by atoms with E-state index in [0.29, 0.717) is 0 Å². The van der Waals surface area contributed by atoms with Gasteiger partial charge in [0.25, 0.3) is 0 Å². The van der Waals surface area contributed by atoms with Gasteiger partial charge in [-0.3, -0.25) is 18.2 Å². The first kappa shape index (κ1) is 23.0. The van der Waals surface area contributed by atoms with Gasteiger partial charge in [-0.25, -0.2) is 0 Å². The molecule has 0 aliphatic carbocycles. The molecule has 0 unspecified atom stereocenters. The molecule has 0 aliphatic rings. The molecule has 8 nitrogen and oxygen atoms in total. The fourth-order valence-corrected chi connectivity index (χ4v) is 0. The van der Waals surface area contributed by atoms with Crippen molar-refractivity contribution in [3.05, 3.63) is 0 Å². The minimum absolute atomic E-state index is 0. The minimum Gasteiger partial charge on any atom is -0.264 e. The number of hydrogen-bond donors (Lipinski definition) is 4. The molecular weight excluding hydrogens is 303 g/mol. The van der Waals surface area contributed by atoms with Crippen molar-refractivity contribution in [2.75, 3.05) is 0 Å². The van der Waals surface area contributed by atoms with Crippen molar-refractivity contribution >= 4 is 20.8 Å². The van der Waals surface area contributed by atoms with E-state index in [9.17, 15) is 0 Å². The van der Waals surface area contributed by atoms with E-state index in [-0.39, 0.29) is 34.1 Å². The van der Waals surface area contributed by atoms with Gasteiger partial charge in [0.1, 0.15) is 0 Å². The van der Waals surface area contributed by atoms with Crippen LogP contribution in [-0.2, 0) is 54.9 Å². The van der Waals surface area contributed by atoms with Gasteiger partial charge in [0.2, 0.25) is 0 Å². The molecule has 1 radical (unpaired) electrons. The largest absolute Gasteiger partial charge is 0.394 e. The van der Waals surface area contributed by atoms with Gasteiger partial charge in [0.05, 0.1) is 0 Å². The van der Waals surface area contributed by atoms with E-state index >= 15 is 0 Å². The van der Waals surface area contributed by atoms with Crippen LogP contribution in [0.25, 0.3) is 0 Å². The Bertz CT molecular complexity index is 213. The van der Waals surface area contributed by atoms with Gasteiger partial charge in [0.15, 0.2) is 0 Å². The summed E-state index contributed by atoms with van der Waals surface area (Å²) < 4.78 is 63.2. The van der Waals surface area contributed by atoms with Crippen molar-refractivity contribution in [1.82, 2.24) is 0 Å². The summed E-state index contributed by atoms with van der Waals surface area (Å²) in [5, 5.41) is 0. The van der Waals surface area contributed by atoms with Crippen LogP contribution >= 0.6 is 0 Å². The minimum atomic E-state index is -4.67. The molecule has 0 saturated heterocycles. The predicted octanol–water partition coefficient (Wildman–Crippen LogP) is -1.31. The molecule has 0 aromatic rings. The van der Waals surface area contributed by atoms with Gasteiger partial charge in [-0.2, -0.15) is 16.8 Å².